The number of hydrogen-bond acceptors (Lipinski definition) is 12. The van der Waals surface area contributed by atoms with Crippen LogP contribution in [0.25, 0.3) is 12.2 Å². The fraction of sp³-hybridized carbons (Fsp3) is 0.219. The summed E-state index contributed by atoms with van der Waals surface area (Å²) in [5.74, 6) is -10.8. The third-order valence-electron chi connectivity index (χ3n) is 7.37. The highest BCUT2D eigenvalue weighted by molar-refractivity contribution is 5.89. The second kappa shape index (κ2) is 13.1. The molecule has 13 heteroatoms. The Morgan fingerprint density at radius 2 is 1.31 bits per heavy atom. The smallest absolute Gasteiger partial charge is 0.336 e. The van der Waals surface area contributed by atoms with Gasteiger partial charge in [0.05, 0.1) is 0 Å². The minimum atomic E-state index is -3.07. The van der Waals surface area contributed by atoms with Crippen LogP contribution in [0.1, 0.15) is 23.1 Å². The number of carbonyl (C=O) groups excluding carboxylic acids is 2. The summed E-state index contributed by atoms with van der Waals surface area (Å²) in [4.78, 5) is 38.3. The Morgan fingerprint density at radius 3 is 1.82 bits per heavy atom. The van der Waals surface area contributed by atoms with Crippen molar-refractivity contribution in [2.24, 2.45) is 5.92 Å². The van der Waals surface area contributed by atoms with Crippen molar-refractivity contribution in [3.05, 3.63) is 95.6 Å². The standard InChI is InChI=1S/C32H30O13/c33-22-10-6-19(15-24(22)35)8-12-27(38)44-29-21(14-18-4-2-1-3-5-18)31(42,30(40)41)17-26(37)32(29,43)45-28(39)13-9-20-7-11-23(34)25(36)16-20/h1-13,15-16,21,26,29,33-37,42-43H,14,17H2,(H,40,41)/b12-8+,13-9+/t21-,26-,29-,31-,32+/m1/s1. The van der Waals surface area contributed by atoms with Crippen molar-refractivity contribution in [1.29, 1.82) is 0 Å². The van der Waals surface area contributed by atoms with Crippen LogP contribution in [0.2, 0.25) is 0 Å². The molecule has 1 fully saturated rings. The number of hydrogen-bond donors (Lipinski definition) is 8. The summed E-state index contributed by atoms with van der Waals surface area (Å²) in [6.07, 6.45) is -1.80. The van der Waals surface area contributed by atoms with E-state index in [9.17, 15) is 55.2 Å². The molecule has 0 amide bonds. The molecule has 1 saturated carbocycles. The Bertz CT molecular complexity index is 1630. The molecule has 0 radical (unpaired) electrons. The third kappa shape index (κ3) is 7.24. The highest BCUT2D eigenvalue weighted by Gasteiger charge is 2.66. The number of carbonyl (C=O) groups is 3. The molecule has 0 spiro atoms. The van der Waals surface area contributed by atoms with E-state index in [1.807, 2.05) is 0 Å². The molecule has 45 heavy (non-hydrogen) atoms. The monoisotopic (exact) mass is 622 g/mol. The van der Waals surface area contributed by atoms with E-state index in [1.54, 1.807) is 30.3 Å². The molecule has 0 heterocycles. The molecular weight excluding hydrogens is 592 g/mol. The van der Waals surface area contributed by atoms with Gasteiger partial charge in [-0.1, -0.05) is 42.5 Å². The molecule has 236 valence electrons. The SMILES string of the molecule is O=C(/C=C/c1ccc(O)c(O)c1)O[C@@H]1[C@@H](Cc2ccccc2)[C@@](O)(C(=O)O)C[C@@H](O)[C@]1(O)OC(=O)/C=C/c1ccc(O)c(O)c1. The van der Waals surface area contributed by atoms with Crippen LogP contribution in [0.5, 0.6) is 23.0 Å². The molecular formula is C32H30O13. The molecule has 0 saturated heterocycles. The second-order valence-corrected chi connectivity index (χ2v) is 10.4. The molecule has 3 aromatic carbocycles. The molecule has 5 atom stereocenters. The first-order valence-electron chi connectivity index (χ1n) is 13.5. The Labute approximate surface area is 255 Å². The van der Waals surface area contributed by atoms with E-state index in [-0.39, 0.29) is 17.5 Å². The van der Waals surface area contributed by atoms with Crippen molar-refractivity contribution >= 4 is 30.1 Å². The number of ether oxygens (including phenoxy) is 2. The van der Waals surface area contributed by atoms with Gasteiger partial charge in [-0.05, 0) is 59.5 Å². The average molecular weight is 623 g/mol. The van der Waals surface area contributed by atoms with Crippen LogP contribution in [0.15, 0.2) is 78.9 Å². The van der Waals surface area contributed by atoms with Crippen molar-refractivity contribution in [2.75, 3.05) is 0 Å². The second-order valence-electron chi connectivity index (χ2n) is 10.4. The van der Waals surface area contributed by atoms with Gasteiger partial charge in [0.15, 0.2) is 34.7 Å². The number of aromatic hydroxyl groups is 4. The first kappa shape index (κ1) is 32.5. The molecule has 13 nitrogen and oxygen atoms in total. The lowest BCUT2D eigenvalue weighted by atomic mass is 9.67. The zero-order valence-electron chi connectivity index (χ0n) is 23.4. The Kier molecular flexibility index (Phi) is 9.47. The summed E-state index contributed by atoms with van der Waals surface area (Å²) in [5, 5.41) is 82.3. The van der Waals surface area contributed by atoms with E-state index in [0.29, 0.717) is 5.56 Å². The van der Waals surface area contributed by atoms with Crippen LogP contribution in [0, 0.1) is 5.92 Å². The van der Waals surface area contributed by atoms with E-state index in [4.69, 9.17) is 9.47 Å². The fourth-order valence-corrected chi connectivity index (χ4v) is 4.98. The number of phenolic OH excluding ortho intramolecular Hbond substituents is 4. The van der Waals surface area contributed by atoms with Gasteiger partial charge in [0.1, 0.15) is 6.10 Å². The van der Waals surface area contributed by atoms with Crippen molar-refractivity contribution < 1.29 is 64.7 Å². The van der Waals surface area contributed by atoms with Crippen LogP contribution >= 0.6 is 0 Å². The van der Waals surface area contributed by atoms with Gasteiger partial charge in [-0.3, -0.25) is 0 Å². The third-order valence-corrected chi connectivity index (χ3v) is 7.37. The van der Waals surface area contributed by atoms with Gasteiger partial charge < -0.3 is 50.3 Å². The summed E-state index contributed by atoms with van der Waals surface area (Å²) in [7, 11) is 0. The Hall–Kier alpha value is -5.37. The Balaban J connectivity index is 1.71. The fourth-order valence-electron chi connectivity index (χ4n) is 4.98. The highest BCUT2D eigenvalue weighted by atomic mass is 16.7. The lowest BCUT2D eigenvalue weighted by molar-refractivity contribution is -0.330. The quantitative estimate of drug-likeness (QED) is 0.0737. The molecule has 0 aliphatic heterocycles. The molecule has 0 unspecified atom stereocenters. The number of carboxylic acid groups (broad SMARTS) is 1. The molecule has 1 aliphatic rings. The molecule has 4 rings (SSSR count). The summed E-state index contributed by atoms with van der Waals surface area (Å²) < 4.78 is 10.7. The van der Waals surface area contributed by atoms with Gasteiger partial charge in [-0.25, -0.2) is 14.4 Å². The largest absolute Gasteiger partial charge is 0.504 e. The molecule has 8 N–H and O–H groups in total. The maximum atomic E-state index is 13.0. The number of benzene rings is 3. The average Bonchev–Trinajstić information content (AvgIpc) is 2.99. The van der Waals surface area contributed by atoms with E-state index >= 15 is 0 Å². The van der Waals surface area contributed by atoms with Crippen LogP contribution in [-0.2, 0) is 30.3 Å². The van der Waals surface area contributed by atoms with Gasteiger partial charge >= 0.3 is 17.9 Å². The highest BCUT2D eigenvalue weighted by Crippen LogP contribution is 2.44. The summed E-state index contributed by atoms with van der Waals surface area (Å²) in [6, 6.07) is 15.4. The number of aliphatic hydroxyl groups excluding tert-OH is 1. The van der Waals surface area contributed by atoms with Crippen LogP contribution in [-0.4, -0.2) is 82.4 Å². The van der Waals surface area contributed by atoms with Gasteiger partial charge in [0, 0.05) is 24.5 Å². The number of rotatable bonds is 9. The number of aliphatic hydroxyl groups is 3. The van der Waals surface area contributed by atoms with Gasteiger partial charge in [-0.15, -0.1) is 0 Å². The number of carboxylic acids is 1. The van der Waals surface area contributed by atoms with Crippen molar-refractivity contribution in [3.8, 4) is 23.0 Å². The first-order valence-corrected chi connectivity index (χ1v) is 13.5. The van der Waals surface area contributed by atoms with Gasteiger partial charge in [-0.2, -0.15) is 0 Å². The van der Waals surface area contributed by atoms with Crippen LogP contribution < -0.4 is 0 Å². The number of esters is 2. The lowest BCUT2D eigenvalue weighted by Crippen LogP contribution is -2.71. The van der Waals surface area contributed by atoms with Gasteiger partial charge in [0.25, 0.3) is 5.79 Å². The predicted molar refractivity (Wildman–Crippen MR) is 155 cm³/mol. The normalized spacial score (nSPS) is 24.8. The van der Waals surface area contributed by atoms with Crippen LogP contribution in [0.3, 0.4) is 0 Å². The van der Waals surface area contributed by atoms with Gasteiger partial charge in [0.2, 0.25) is 0 Å². The predicted octanol–water partition coefficient (Wildman–Crippen LogP) is 1.82. The van der Waals surface area contributed by atoms with Crippen molar-refractivity contribution in [3.63, 3.8) is 0 Å². The lowest BCUT2D eigenvalue weighted by Gasteiger charge is -2.50. The number of phenols is 4. The van der Waals surface area contributed by atoms with E-state index in [1.165, 1.54) is 12.1 Å². The zero-order valence-corrected chi connectivity index (χ0v) is 23.4. The van der Waals surface area contributed by atoms with Crippen LogP contribution in [0.4, 0.5) is 0 Å². The van der Waals surface area contributed by atoms with Crippen molar-refractivity contribution in [2.45, 2.75) is 36.4 Å². The molecule has 1 aliphatic carbocycles. The summed E-state index contributed by atoms with van der Waals surface area (Å²) in [6.45, 7) is 0. The summed E-state index contributed by atoms with van der Waals surface area (Å²) in [5.41, 5.74) is -1.85. The minimum Gasteiger partial charge on any atom is -0.504 e. The first-order chi connectivity index (χ1) is 21.2. The maximum absolute atomic E-state index is 13.0. The topological polar surface area (TPSA) is 232 Å². The van der Waals surface area contributed by atoms with E-state index in [2.05, 4.69) is 0 Å². The minimum absolute atomic E-state index is 0.231. The maximum Gasteiger partial charge on any atom is 0.336 e. The molecule has 0 aromatic heterocycles. The van der Waals surface area contributed by atoms with E-state index in [0.717, 1.165) is 48.6 Å². The molecule has 3 aromatic rings. The van der Waals surface area contributed by atoms with Crippen molar-refractivity contribution in [1.82, 2.24) is 0 Å². The number of aliphatic carboxylic acids is 1. The Morgan fingerprint density at radius 1 is 0.778 bits per heavy atom. The molecule has 0 bridgehead atoms. The van der Waals surface area contributed by atoms with E-state index < -0.39 is 76.8 Å². The zero-order chi connectivity index (χ0) is 32.9. The summed E-state index contributed by atoms with van der Waals surface area (Å²) >= 11 is 0.